The molecule has 3 aromatic rings. The fourth-order valence-corrected chi connectivity index (χ4v) is 3.20. The molecular formula is C19H24N6O2. The van der Waals surface area contributed by atoms with E-state index in [0.717, 1.165) is 40.9 Å². The van der Waals surface area contributed by atoms with Crippen LogP contribution in [0.4, 0.5) is 5.95 Å². The normalized spacial score (nSPS) is 13.6. The highest BCUT2D eigenvalue weighted by Gasteiger charge is 2.27. The van der Waals surface area contributed by atoms with E-state index in [1.807, 2.05) is 31.4 Å². The predicted molar refractivity (Wildman–Crippen MR) is 102 cm³/mol. The zero-order valence-corrected chi connectivity index (χ0v) is 15.8. The van der Waals surface area contributed by atoms with E-state index < -0.39 is 0 Å². The number of rotatable bonds is 8. The van der Waals surface area contributed by atoms with Crippen LogP contribution in [0.5, 0.6) is 11.5 Å². The molecule has 8 heteroatoms. The van der Waals surface area contributed by atoms with Gasteiger partial charge in [0, 0.05) is 38.0 Å². The molecule has 4 rings (SSSR count). The van der Waals surface area contributed by atoms with Gasteiger partial charge in [-0.3, -0.25) is 9.67 Å². The lowest BCUT2D eigenvalue weighted by Gasteiger charge is -2.21. The lowest BCUT2D eigenvalue weighted by Crippen LogP contribution is -2.22. The summed E-state index contributed by atoms with van der Waals surface area (Å²) in [5.74, 6) is 3.96. The van der Waals surface area contributed by atoms with Gasteiger partial charge in [0.05, 0.1) is 26.0 Å². The number of anilines is 1. The van der Waals surface area contributed by atoms with Crippen LogP contribution in [0, 0.1) is 5.92 Å². The van der Waals surface area contributed by atoms with Crippen molar-refractivity contribution in [1.82, 2.24) is 25.0 Å². The zero-order chi connectivity index (χ0) is 18.8. The minimum Gasteiger partial charge on any atom is -0.497 e. The average Bonchev–Trinajstić information content (AvgIpc) is 3.17. The van der Waals surface area contributed by atoms with Crippen LogP contribution in [-0.2, 0) is 13.1 Å². The summed E-state index contributed by atoms with van der Waals surface area (Å²) in [5, 5.41) is 15.8. The summed E-state index contributed by atoms with van der Waals surface area (Å²) in [4.78, 5) is 2.10. The SMILES string of the molecule is COc1ccc(CN(C)c2nnc(-c3cn[nH]c3)n2CC2CC2)c(OC)c1. The maximum Gasteiger partial charge on any atom is 0.227 e. The second-order valence-corrected chi connectivity index (χ2v) is 6.90. The largest absolute Gasteiger partial charge is 0.497 e. The minimum absolute atomic E-state index is 0.654. The first-order chi connectivity index (χ1) is 13.2. The van der Waals surface area contributed by atoms with Gasteiger partial charge in [0.1, 0.15) is 11.5 Å². The summed E-state index contributed by atoms with van der Waals surface area (Å²) >= 11 is 0. The molecule has 0 unspecified atom stereocenters. The van der Waals surface area contributed by atoms with Crippen LogP contribution >= 0.6 is 0 Å². The third-order valence-corrected chi connectivity index (χ3v) is 4.87. The summed E-state index contributed by atoms with van der Waals surface area (Å²) in [6.07, 6.45) is 6.16. The molecule has 1 fully saturated rings. The molecule has 1 aromatic carbocycles. The number of ether oxygens (including phenoxy) is 2. The van der Waals surface area contributed by atoms with Crippen molar-refractivity contribution >= 4 is 5.95 Å². The molecule has 1 N–H and O–H groups in total. The number of nitrogens with one attached hydrogen (secondary N) is 1. The third kappa shape index (κ3) is 3.60. The Bertz CT molecular complexity index is 901. The second-order valence-electron chi connectivity index (χ2n) is 6.90. The molecule has 0 aliphatic heterocycles. The van der Waals surface area contributed by atoms with Gasteiger partial charge < -0.3 is 14.4 Å². The van der Waals surface area contributed by atoms with Crippen molar-refractivity contribution in [2.24, 2.45) is 5.92 Å². The first-order valence-corrected chi connectivity index (χ1v) is 9.04. The smallest absolute Gasteiger partial charge is 0.227 e. The van der Waals surface area contributed by atoms with Gasteiger partial charge in [-0.15, -0.1) is 10.2 Å². The van der Waals surface area contributed by atoms with Crippen LogP contribution < -0.4 is 14.4 Å². The first kappa shape index (κ1) is 17.4. The molecule has 2 aromatic heterocycles. The van der Waals surface area contributed by atoms with Crippen LogP contribution in [0.1, 0.15) is 18.4 Å². The van der Waals surface area contributed by atoms with Gasteiger partial charge in [0.25, 0.3) is 0 Å². The molecule has 0 amide bonds. The van der Waals surface area contributed by atoms with Crippen molar-refractivity contribution in [2.45, 2.75) is 25.9 Å². The van der Waals surface area contributed by atoms with Crippen molar-refractivity contribution in [3.05, 3.63) is 36.2 Å². The monoisotopic (exact) mass is 368 g/mol. The standard InChI is InChI=1S/C19H24N6O2/c1-24(12-14-6-7-16(26-2)8-17(14)27-3)19-23-22-18(15-9-20-21-10-15)25(19)11-13-4-5-13/h6-10,13H,4-5,11-12H2,1-3H3,(H,20,21). The van der Waals surface area contributed by atoms with E-state index in [4.69, 9.17) is 9.47 Å². The lowest BCUT2D eigenvalue weighted by molar-refractivity contribution is 0.391. The van der Waals surface area contributed by atoms with Crippen molar-refractivity contribution in [1.29, 1.82) is 0 Å². The number of aromatic nitrogens is 5. The Kier molecular flexibility index (Phi) is 4.70. The van der Waals surface area contributed by atoms with E-state index in [-0.39, 0.29) is 0 Å². The van der Waals surface area contributed by atoms with Crippen molar-refractivity contribution in [3.63, 3.8) is 0 Å². The minimum atomic E-state index is 0.654. The maximum atomic E-state index is 5.53. The number of nitrogens with zero attached hydrogens (tertiary/aromatic N) is 5. The van der Waals surface area contributed by atoms with Gasteiger partial charge in [-0.1, -0.05) is 0 Å². The molecule has 0 radical (unpaired) electrons. The van der Waals surface area contributed by atoms with Crippen LogP contribution in [0.3, 0.4) is 0 Å². The Hall–Kier alpha value is -3.03. The topological polar surface area (TPSA) is 81.1 Å². The number of aromatic amines is 1. The summed E-state index contributed by atoms with van der Waals surface area (Å²) in [6, 6.07) is 5.86. The Balaban J connectivity index is 1.63. The predicted octanol–water partition coefficient (Wildman–Crippen LogP) is 2.73. The van der Waals surface area contributed by atoms with E-state index in [1.54, 1.807) is 20.4 Å². The maximum absolute atomic E-state index is 5.53. The number of methoxy groups -OCH3 is 2. The molecule has 8 nitrogen and oxygen atoms in total. The lowest BCUT2D eigenvalue weighted by atomic mass is 10.2. The molecule has 0 atom stereocenters. The van der Waals surface area contributed by atoms with Gasteiger partial charge in [0.2, 0.25) is 5.95 Å². The number of benzene rings is 1. The Morgan fingerprint density at radius 3 is 2.74 bits per heavy atom. The summed E-state index contributed by atoms with van der Waals surface area (Å²) in [5.41, 5.74) is 2.01. The second kappa shape index (κ2) is 7.30. The molecule has 27 heavy (non-hydrogen) atoms. The van der Waals surface area contributed by atoms with Gasteiger partial charge in [-0.25, -0.2) is 0 Å². The van der Waals surface area contributed by atoms with E-state index in [2.05, 4.69) is 29.9 Å². The van der Waals surface area contributed by atoms with Gasteiger partial charge >= 0.3 is 0 Å². The van der Waals surface area contributed by atoms with Gasteiger partial charge in [-0.2, -0.15) is 5.10 Å². The molecule has 2 heterocycles. The van der Waals surface area contributed by atoms with E-state index in [0.29, 0.717) is 12.5 Å². The van der Waals surface area contributed by atoms with Gasteiger partial charge in [0.15, 0.2) is 5.82 Å². The summed E-state index contributed by atoms with van der Waals surface area (Å²) < 4.78 is 13.0. The average molecular weight is 368 g/mol. The van der Waals surface area contributed by atoms with Crippen LogP contribution in [0.2, 0.25) is 0 Å². The molecule has 1 aliphatic rings. The molecule has 1 aliphatic carbocycles. The number of hydrogen-bond donors (Lipinski definition) is 1. The van der Waals surface area contributed by atoms with Crippen LogP contribution in [-0.4, -0.2) is 46.2 Å². The Morgan fingerprint density at radius 2 is 2.07 bits per heavy atom. The molecule has 142 valence electrons. The van der Waals surface area contributed by atoms with Gasteiger partial charge in [-0.05, 0) is 30.9 Å². The van der Waals surface area contributed by atoms with E-state index in [1.165, 1.54) is 12.8 Å². The molecule has 0 saturated heterocycles. The molecule has 0 bridgehead atoms. The number of H-pyrrole nitrogens is 1. The van der Waals surface area contributed by atoms with Crippen LogP contribution in [0.25, 0.3) is 11.4 Å². The quantitative estimate of drug-likeness (QED) is 0.658. The third-order valence-electron chi connectivity index (χ3n) is 4.87. The molecule has 0 spiro atoms. The Labute approximate surface area is 158 Å². The highest BCUT2D eigenvalue weighted by atomic mass is 16.5. The van der Waals surface area contributed by atoms with E-state index >= 15 is 0 Å². The Morgan fingerprint density at radius 1 is 1.22 bits per heavy atom. The van der Waals surface area contributed by atoms with E-state index in [9.17, 15) is 0 Å². The highest BCUT2D eigenvalue weighted by molar-refractivity contribution is 5.55. The summed E-state index contributed by atoms with van der Waals surface area (Å²) in [7, 11) is 5.35. The zero-order valence-electron chi connectivity index (χ0n) is 15.8. The number of hydrogen-bond acceptors (Lipinski definition) is 6. The fraction of sp³-hybridized carbons (Fsp3) is 0.421. The molecular weight excluding hydrogens is 344 g/mol. The van der Waals surface area contributed by atoms with Crippen LogP contribution in [0.15, 0.2) is 30.6 Å². The molecule has 1 saturated carbocycles. The summed E-state index contributed by atoms with van der Waals surface area (Å²) in [6.45, 7) is 1.58. The fourth-order valence-electron chi connectivity index (χ4n) is 3.20. The van der Waals surface area contributed by atoms with Crippen molar-refractivity contribution < 1.29 is 9.47 Å². The van der Waals surface area contributed by atoms with Crippen molar-refractivity contribution in [2.75, 3.05) is 26.2 Å². The highest BCUT2D eigenvalue weighted by Crippen LogP contribution is 2.34. The first-order valence-electron chi connectivity index (χ1n) is 9.04. The van der Waals surface area contributed by atoms with Crippen molar-refractivity contribution in [3.8, 4) is 22.9 Å².